The van der Waals surface area contributed by atoms with Crippen molar-refractivity contribution in [1.82, 2.24) is 9.88 Å². The fourth-order valence-electron chi connectivity index (χ4n) is 3.83. The summed E-state index contributed by atoms with van der Waals surface area (Å²) in [5.41, 5.74) is 1.17. The molecule has 0 N–H and O–H groups in total. The number of pyridine rings is 1. The van der Waals surface area contributed by atoms with E-state index in [9.17, 15) is 9.59 Å². The molecule has 3 aromatic rings. The minimum Gasteiger partial charge on any atom is -0.497 e. The molecule has 2 heterocycles. The van der Waals surface area contributed by atoms with Crippen LogP contribution < -0.4 is 4.74 Å². The molecule has 6 heteroatoms. The van der Waals surface area contributed by atoms with Crippen LogP contribution >= 0.6 is 11.6 Å². The van der Waals surface area contributed by atoms with Gasteiger partial charge >= 0.3 is 0 Å². The maximum absolute atomic E-state index is 13.1. The summed E-state index contributed by atoms with van der Waals surface area (Å²) in [5, 5.41) is 2.30. The smallest absolute Gasteiger partial charge is 0.254 e. The molecule has 1 aromatic heterocycles. The van der Waals surface area contributed by atoms with Crippen LogP contribution in [0.1, 0.15) is 33.6 Å². The Morgan fingerprint density at radius 1 is 1.07 bits per heavy atom. The average Bonchev–Trinajstić information content (AvgIpc) is 2.77. The van der Waals surface area contributed by atoms with Crippen LogP contribution in [-0.4, -0.2) is 41.8 Å². The first kappa shape index (κ1) is 19.4. The van der Waals surface area contributed by atoms with E-state index in [2.05, 4.69) is 4.98 Å². The number of aromatic nitrogens is 1. The van der Waals surface area contributed by atoms with E-state index in [1.807, 2.05) is 36.4 Å². The molecule has 1 fully saturated rings. The van der Waals surface area contributed by atoms with E-state index < -0.39 is 0 Å². The Hall–Kier alpha value is -2.92. The summed E-state index contributed by atoms with van der Waals surface area (Å²) in [4.78, 5) is 31.6. The zero-order chi connectivity index (χ0) is 20.4. The number of nitrogens with zero attached hydrogens (tertiary/aromatic N) is 2. The number of hydrogen-bond donors (Lipinski definition) is 0. The number of piperidine rings is 1. The van der Waals surface area contributed by atoms with Gasteiger partial charge < -0.3 is 9.64 Å². The summed E-state index contributed by atoms with van der Waals surface area (Å²) in [6, 6.07) is 14.7. The van der Waals surface area contributed by atoms with E-state index in [4.69, 9.17) is 16.3 Å². The van der Waals surface area contributed by atoms with Crippen LogP contribution in [0.15, 0.2) is 54.7 Å². The lowest BCUT2D eigenvalue weighted by Crippen LogP contribution is -2.42. The van der Waals surface area contributed by atoms with Gasteiger partial charge in [0.05, 0.1) is 7.11 Å². The van der Waals surface area contributed by atoms with Crippen molar-refractivity contribution >= 4 is 34.1 Å². The van der Waals surface area contributed by atoms with Crippen molar-refractivity contribution in [1.29, 1.82) is 0 Å². The van der Waals surface area contributed by atoms with Gasteiger partial charge in [0.15, 0.2) is 5.78 Å². The van der Waals surface area contributed by atoms with E-state index in [0.717, 1.165) is 29.4 Å². The molecule has 0 unspecified atom stereocenters. The van der Waals surface area contributed by atoms with E-state index in [-0.39, 0.29) is 22.8 Å². The number of methoxy groups -OCH3 is 1. The minimum absolute atomic E-state index is 0.0768. The predicted octanol–water partition coefficient (Wildman–Crippen LogP) is 4.63. The van der Waals surface area contributed by atoms with Gasteiger partial charge in [0.1, 0.15) is 10.9 Å². The molecule has 4 rings (SSSR count). The Morgan fingerprint density at radius 2 is 1.86 bits per heavy atom. The molecule has 148 valence electrons. The minimum atomic E-state index is -0.208. The molecule has 0 bridgehead atoms. The van der Waals surface area contributed by atoms with Gasteiger partial charge in [0, 0.05) is 36.3 Å². The number of benzene rings is 2. The van der Waals surface area contributed by atoms with Gasteiger partial charge in [-0.3, -0.25) is 9.59 Å². The van der Waals surface area contributed by atoms with Gasteiger partial charge in [0.2, 0.25) is 0 Å². The number of rotatable bonds is 4. The lowest BCUT2D eigenvalue weighted by atomic mass is 9.89. The van der Waals surface area contributed by atoms with Gasteiger partial charge in [-0.1, -0.05) is 29.8 Å². The highest BCUT2D eigenvalue weighted by Crippen LogP contribution is 2.26. The molecule has 1 atom stereocenters. The third kappa shape index (κ3) is 4.10. The Balaban J connectivity index is 1.52. The first-order valence-electron chi connectivity index (χ1n) is 9.58. The highest BCUT2D eigenvalue weighted by Gasteiger charge is 2.29. The van der Waals surface area contributed by atoms with Crippen LogP contribution in [0.3, 0.4) is 0 Å². The van der Waals surface area contributed by atoms with E-state index in [1.54, 1.807) is 24.1 Å². The molecule has 0 saturated carbocycles. The number of ether oxygens (including phenoxy) is 1. The van der Waals surface area contributed by atoms with Crippen molar-refractivity contribution < 1.29 is 14.3 Å². The summed E-state index contributed by atoms with van der Waals surface area (Å²) < 4.78 is 5.26. The number of amides is 1. The maximum atomic E-state index is 13.1. The van der Waals surface area contributed by atoms with Crippen LogP contribution in [-0.2, 0) is 0 Å². The number of hydrogen-bond acceptors (Lipinski definition) is 4. The molecule has 0 radical (unpaired) electrons. The van der Waals surface area contributed by atoms with E-state index in [0.29, 0.717) is 24.2 Å². The Kier molecular flexibility index (Phi) is 5.49. The van der Waals surface area contributed by atoms with Crippen LogP contribution in [0.2, 0.25) is 5.15 Å². The van der Waals surface area contributed by atoms with Crippen LogP contribution in [0.5, 0.6) is 5.75 Å². The average molecular weight is 409 g/mol. The number of fused-ring (bicyclic) bond motifs is 1. The molecular formula is C23H21ClN2O3. The quantitative estimate of drug-likeness (QED) is 0.466. The van der Waals surface area contributed by atoms with Crippen molar-refractivity contribution in [3.63, 3.8) is 0 Å². The van der Waals surface area contributed by atoms with Crippen molar-refractivity contribution in [2.24, 2.45) is 5.92 Å². The molecule has 1 aliphatic heterocycles. The van der Waals surface area contributed by atoms with Crippen molar-refractivity contribution in [2.45, 2.75) is 12.8 Å². The van der Waals surface area contributed by atoms with Crippen molar-refractivity contribution in [3.8, 4) is 5.75 Å². The molecule has 1 aliphatic rings. The van der Waals surface area contributed by atoms with E-state index in [1.165, 1.54) is 6.20 Å². The molecular weight excluding hydrogens is 388 g/mol. The van der Waals surface area contributed by atoms with Gasteiger partial charge in [-0.25, -0.2) is 4.98 Å². The number of Topliss-reactive ketones (excluding diaryl/α,β-unsaturated/α-hetero) is 1. The third-order valence-electron chi connectivity index (χ3n) is 5.38. The Morgan fingerprint density at radius 3 is 2.66 bits per heavy atom. The molecule has 0 spiro atoms. The lowest BCUT2D eigenvalue weighted by molar-refractivity contribution is 0.0637. The normalized spacial score (nSPS) is 16.6. The second-order valence-corrected chi connectivity index (χ2v) is 7.64. The summed E-state index contributed by atoms with van der Waals surface area (Å²) in [6.07, 6.45) is 3.10. The van der Waals surface area contributed by atoms with Crippen molar-refractivity contribution in [3.05, 3.63) is 71.0 Å². The SMILES string of the molecule is COc1ccc2cc(C(=O)[C@H]3CCCN(C(=O)c4ccnc(Cl)c4)C3)ccc2c1. The fraction of sp³-hybridized carbons (Fsp3) is 0.261. The molecule has 0 aliphatic carbocycles. The molecule has 2 aromatic carbocycles. The maximum Gasteiger partial charge on any atom is 0.254 e. The highest BCUT2D eigenvalue weighted by molar-refractivity contribution is 6.29. The second kappa shape index (κ2) is 8.21. The van der Waals surface area contributed by atoms with Crippen LogP contribution in [0.4, 0.5) is 0 Å². The number of halogens is 1. The molecule has 1 saturated heterocycles. The summed E-state index contributed by atoms with van der Waals surface area (Å²) in [7, 11) is 1.63. The standard InChI is InChI=1S/C23H21ClN2O3/c1-29-20-7-6-15-11-17(5-4-16(15)12-20)22(27)19-3-2-10-26(14-19)23(28)18-8-9-25-21(24)13-18/h4-9,11-13,19H,2-3,10,14H2,1H3/t19-/m0/s1. The van der Waals surface area contributed by atoms with Crippen LogP contribution in [0, 0.1) is 5.92 Å². The predicted molar refractivity (Wildman–Crippen MR) is 113 cm³/mol. The highest BCUT2D eigenvalue weighted by atomic mass is 35.5. The zero-order valence-corrected chi connectivity index (χ0v) is 16.9. The van der Waals surface area contributed by atoms with Gasteiger partial charge in [-0.15, -0.1) is 0 Å². The number of likely N-dealkylation sites (tertiary alicyclic amines) is 1. The third-order valence-corrected chi connectivity index (χ3v) is 5.59. The first-order chi connectivity index (χ1) is 14.0. The number of ketones is 1. The van der Waals surface area contributed by atoms with Crippen LogP contribution in [0.25, 0.3) is 10.8 Å². The Bertz CT molecular complexity index is 1080. The monoisotopic (exact) mass is 408 g/mol. The summed E-state index contributed by atoms with van der Waals surface area (Å²) in [6.45, 7) is 1.05. The van der Waals surface area contributed by atoms with Gasteiger partial charge in [-0.05, 0) is 53.9 Å². The molecule has 5 nitrogen and oxygen atoms in total. The lowest BCUT2D eigenvalue weighted by Gasteiger charge is -2.32. The number of carbonyl (C=O) groups is 2. The Labute approximate surface area is 174 Å². The van der Waals surface area contributed by atoms with Gasteiger partial charge in [0.25, 0.3) is 5.91 Å². The van der Waals surface area contributed by atoms with Gasteiger partial charge in [-0.2, -0.15) is 0 Å². The zero-order valence-electron chi connectivity index (χ0n) is 16.1. The van der Waals surface area contributed by atoms with Crippen molar-refractivity contribution in [2.75, 3.05) is 20.2 Å². The summed E-state index contributed by atoms with van der Waals surface area (Å²) in [5.74, 6) is 0.542. The second-order valence-electron chi connectivity index (χ2n) is 7.25. The van der Waals surface area contributed by atoms with E-state index >= 15 is 0 Å². The molecule has 1 amide bonds. The first-order valence-corrected chi connectivity index (χ1v) is 9.96. The topological polar surface area (TPSA) is 59.5 Å². The summed E-state index contributed by atoms with van der Waals surface area (Å²) >= 11 is 5.91. The largest absolute Gasteiger partial charge is 0.497 e. The fourth-order valence-corrected chi connectivity index (χ4v) is 4.01. The number of carbonyl (C=O) groups excluding carboxylic acids is 2. The molecule has 29 heavy (non-hydrogen) atoms.